The van der Waals surface area contributed by atoms with Crippen LogP contribution < -0.4 is 16.4 Å². The summed E-state index contributed by atoms with van der Waals surface area (Å²) in [5.41, 5.74) is 8.78. The van der Waals surface area contributed by atoms with Gasteiger partial charge in [-0.2, -0.15) is 0 Å². The molecule has 0 spiro atoms. The summed E-state index contributed by atoms with van der Waals surface area (Å²) in [6.07, 6.45) is 3.90. The Kier molecular flexibility index (Phi) is 10.7. The number of rotatable bonds is 12. The number of aryl methyl sites for hydroxylation is 2. The lowest BCUT2D eigenvalue weighted by atomic mass is 10.0. The van der Waals surface area contributed by atoms with Crippen LogP contribution in [-0.4, -0.2) is 77.8 Å². The summed E-state index contributed by atoms with van der Waals surface area (Å²) >= 11 is 0. The van der Waals surface area contributed by atoms with Crippen LogP contribution in [0.1, 0.15) is 54.1 Å². The third-order valence-corrected chi connectivity index (χ3v) is 6.08. The van der Waals surface area contributed by atoms with Crippen molar-refractivity contribution in [1.82, 2.24) is 25.1 Å². The fourth-order valence-corrected chi connectivity index (χ4v) is 3.58. The molecule has 10 heteroatoms. The number of nitrogens with two attached hydrogens (primary N) is 1. The van der Waals surface area contributed by atoms with Crippen LogP contribution in [0.2, 0.25) is 0 Å². The largest absolute Gasteiger partial charge is 0.364 e. The van der Waals surface area contributed by atoms with E-state index in [2.05, 4.69) is 20.6 Å². The fraction of sp³-hybridized carbons (Fsp3) is 0.444. The predicted octanol–water partition coefficient (Wildman–Crippen LogP) is 2.37. The van der Waals surface area contributed by atoms with Gasteiger partial charge in [-0.1, -0.05) is 32.1 Å². The molecule has 0 fully saturated rings. The summed E-state index contributed by atoms with van der Waals surface area (Å²) in [5, 5.41) is 6.10. The summed E-state index contributed by atoms with van der Waals surface area (Å²) in [7, 11) is 5.44. The third kappa shape index (κ3) is 8.38. The number of nitrogens with zero attached hydrogens (tertiary/aromatic N) is 4. The van der Waals surface area contributed by atoms with Crippen LogP contribution in [0.25, 0.3) is 0 Å². The zero-order chi connectivity index (χ0) is 27.7. The number of primary amides is 1. The topological polar surface area (TPSA) is 134 Å². The zero-order valence-electron chi connectivity index (χ0n) is 22.8. The summed E-state index contributed by atoms with van der Waals surface area (Å²) in [6, 6.07) is 7.02. The van der Waals surface area contributed by atoms with Crippen molar-refractivity contribution in [1.29, 1.82) is 0 Å². The molecular weight excluding hydrogens is 470 g/mol. The Morgan fingerprint density at radius 2 is 1.84 bits per heavy atom. The average Bonchev–Trinajstić information content (AvgIpc) is 2.85. The van der Waals surface area contributed by atoms with Crippen LogP contribution >= 0.6 is 0 Å². The molecule has 0 aliphatic heterocycles. The van der Waals surface area contributed by atoms with Gasteiger partial charge in [-0.05, 0) is 58.0 Å². The maximum absolute atomic E-state index is 12.7. The van der Waals surface area contributed by atoms with Gasteiger partial charge in [0.15, 0.2) is 11.5 Å². The van der Waals surface area contributed by atoms with E-state index in [0.717, 1.165) is 22.6 Å². The van der Waals surface area contributed by atoms with Gasteiger partial charge in [0.2, 0.25) is 11.8 Å². The maximum Gasteiger partial charge on any atom is 0.271 e. The standard InChI is InChI=1S/C27H39N7O3/c1-8-22-18(3)30-26(24(32-22)25(28)36)31-21-12-9-11-20(15-21)17(2)16-29-27(37)19(4)34(7)23(35)13-10-14-33(5)6/h9-13,15,17,19H,8,14,16H2,1-7H3,(H2,28,36)(H,29,37)(H,30,31)/b13-10+/t17-,19+/m1/s1. The molecule has 10 nitrogen and oxygen atoms in total. The number of hydrogen-bond acceptors (Lipinski definition) is 7. The molecule has 4 N–H and O–H groups in total. The lowest BCUT2D eigenvalue weighted by Crippen LogP contribution is -2.46. The lowest BCUT2D eigenvalue weighted by molar-refractivity contribution is -0.135. The Morgan fingerprint density at radius 3 is 2.46 bits per heavy atom. The van der Waals surface area contributed by atoms with Crippen molar-refractivity contribution < 1.29 is 14.4 Å². The van der Waals surface area contributed by atoms with E-state index in [1.807, 2.05) is 64.0 Å². The van der Waals surface area contributed by atoms with Crippen molar-refractivity contribution in [2.45, 2.75) is 46.1 Å². The van der Waals surface area contributed by atoms with E-state index >= 15 is 0 Å². The first-order valence-corrected chi connectivity index (χ1v) is 12.3. The van der Waals surface area contributed by atoms with Gasteiger partial charge in [-0.3, -0.25) is 14.4 Å². The van der Waals surface area contributed by atoms with Crippen molar-refractivity contribution in [3.05, 3.63) is 59.1 Å². The highest BCUT2D eigenvalue weighted by molar-refractivity contribution is 5.96. The number of carbonyl (C=O) groups is 3. The smallest absolute Gasteiger partial charge is 0.271 e. The van der Waals surface area contributed by atoms with Gasteiger partial charge in [0.25, 0.3) is 5.91 Å². The minimum Gasteiger partial charge on any atom is -0.364 e. The molecule has 1 aromatic carbocycles. The summed E-state index contributed by atoms with van der Waals surface area (Å²) in [5.74, 6) is -0.809. The molecule has 0 bridgehead atoms. The van der Waals surface area contributed by atoms with E-state index in [0.29, 0.717) is 25.3 Å². The molecule has 37 heavy (non-hydrogen) atoms. The number of benzene rings is 1. The van der Waals surface area contributed by atoms with Gasteiger partial charge >= 0.3 is 0 Å². The van der Waals surface area contributed by atoms with Crippen molar-refractivity contribution >= 4 is 29.2 Å². The first-order valence-electron chi connectivity index (χ1n) is 12.3. The molecule has 3 amide bonds. The molecule has 0 unspecified atom stereocenters. The van der Waals surface area contributed by atoms with E-state index < -0.39 is 11.9 Å². The number of aromatic nitrogens is 2. The van der Waals surface area contributed by atoms with Crippen molar-refractivity contribution in [3.8, 4) is 0 Å². The second kappa shape index (κ2) is 13.5. The van der Waals surface area contributed by atoms with Gasteiger partial charge < -0.3 is 26.2 Å². The highest BCUT2D eigenvalue weighted by Gasteiger charge is 2.21. The van der Waals surface area contributed by atoms with Crippen molar-refractivity contribution in [2.75, 3.05) is 39.5 Å². The summed E-state index contributed by atoms with van der Waals surface area (Å²) in [4.78, 5) is 49.2. The number of amides is 3. The third-order valence-electron chi connectivity index (χ3n) is 6.08. The minimum absolute atomic E-state index is 0.00945. The first kappa shape index (κ1) is 29.4. The zero-order valence-corrected chi connectivity index (χ0v) is 22.8. The van der Waals surface area contributed by atoms with Gasteiger partial charge in [0.1, 0.15) is 6.04 Å². The average molecular weight is 510 g/mol. The molecule has 0 aliphatic carbocycles. The molecule has 0 saturated carbocycles. The van der Waals surface area contributed by atoms with Crippen LogP contribution in [0, 0.1) is 6.92 Å². The highest BCUT2D eigenvalue weighted by atomic mass is 16.2. The molecule has 0 radical (unpaired) electrons. The molecule has 2 atom stereocenters. The van der Waals surface area contributed by atoms with Crippen molar-refractivity contribution in [3.63, 3.8) is 0 Å². The molecule has 2 rings (SSSR count). The van der Waals surface area contributed by atoms with Gasteiger partial charge in [-0.25, -0.2) is 9.97 Å². The maximum atomic E-state index is 12.7. The lowest BCUT2D eigenvalue weighted by Gasteiger charge is -2.24. The van der Waals surface area contributed by atoms with E-state index in [4.69, 9.17) is 5.73 Å². The van der Waals surface area contributed by atoms with E-state index in [9.17, 15) is 14.4 Å². The van der Waals surface area contributed by atoms with Gasteiger partial charge in [0, 0.05) is 31.9 Å². The SMILES string of the molecule is CCc1nc(C(N)=O)c(Nc2cccc([C@H](C)CNC(=O)[C@H](C)N(C)C(=O)/C=C/CN(C)C)c2)nc1C. The Balaban J connectivity index is 2.05. The summed E-state index contributed by atoms with van der Waals surface area (Å²) in [6.45, 7) is 8.52. The van der Waals surface area contributed by atoms with Crippen LogP contribution in [-0.2, 0) is 16.0 Å². The van der Waals surface area contributed by atoms with Crippen LogP contribution in [0.3, 0.4) is 0 Å². The Morgan fingerprint density at radius 1 is 1.14 bits per heavy atom. The van der Waals surface area contributed by atoms with Crippen LogP contribution in [0.5, 0.6) is 0 Å². The van der Waals surface area contributed by atoms with E-state index in [-0.39, 0.29) is 23.4 Å². The molecule has 2 aromatic rings. The molecule has 1 heterocycles. The second-order valence-corrected chi connectivity index (χ2v) is 9.36. The number of anilines is 2. The predicted molar refractivity (Wildman–Crippen MR) is 146 cm³/mol. The van der Waals surface area contributed by atoms with E-state index in [1.165, 1.54) is 11.0 Å². The summed E-state index contributed by atoms with van der Waals surface area (Å²) < 4.78 is 0. The van der Waals surface area contributed by atoms with Gasteiger partial charge in [0.05, 0.1) is 11.4 Å². The molecule has 0 saturated heterocycles. The fourth-order valence-electron chi connectivity index (χ4n) is 3.58. The first-order chi connectivity index (χ1) is 17.4. The molecule has 200 valence electrons. The Hall–Kier alpha value is -3.79. The number of hydrogen-bond donors (Lipinski definition) is 3. The van der Waals surface area contributed by atoms with Gasteiger partial charge in [-0.15, -0.1) is 0 Å². The van der Waals surface area contributed by atoms with E-state index in [1.54, 1.807) is 20.0 Å². The highest BCUT2D eigenvalue weighted by Crippen LogP contribution is 2.23. The molecule has 0 aliphatic rings. The van der Waals surface area contributed by atoms with Crippen LogP contribution in [0.15, 0.2) is 36.4 Å². The number of likely N-dealkylation sites (N-methyl/N-ethyl adjacent to an activating group) is 2. The van der Waals surface area contributed by atoms with Crippen molar-refractivity contribution in [2.24, 2.45) is 5.73 Å². The number of nitrogens with one attached hydrogen (secondary N) is 2. The molecular formula is C27H39N7O3. The normalized spacial score (nSPS) is 12.9. The van der Waals surface area contributed by atoms with Crippen LogP contribution in [0.4, 0.5) is 11.5 Å². The Labute approximate surface area is 219 Å². The number of carbonyl (C=O) groups excluding carboxylic acids is 3. The quantitative estimate of drug-likeness (QED) is 0.374. The second-order valence-electron chi connectivity index (χ2n) is 9.36. The Bertz CT molecular complexity index is 1150. The minimum atomic E-state index is -0.650. The molecule has 1 aromatic heterocycles. The monoisotopic (exact) mass is 509 g/mol.